The minimum atomic E-state index is -0.963. The van der Waals surface area contributed by atoms with E-state index in [0.717, 1.165) is 11.1 Å². The van der Waals surface area contributed by atoms with Crippen LogP contribution in [0.3, 0.4) is 0 Å². The first-order chi connectivity index (χ1) is 12.5. The monoisotopic (exact) mass is 354 g/mol. The lowest BCUT2D eigenvalue weighted by Crippen LogP contribution is -2.49. The zero-order valence-electron chi connectivity index (χ0n) is 14.6. The molecule has 2 amide bonds. The molecule has 2 N–H and O–H groups in total. The van der Waals surface area contributed by atoms with E-state index in [0.29, 0.717) is 19.6 Å². The Kier molecular flexibility index (Phi) is 5.53. The lowest BCUT2D eigenvalue weighted by Gasteiger charge is -2.37. The number of morpholine rings is 1. The third kappa shape index (κ3) is 4.40. The van der Waals surface area contributed by atoms with E-state index in [1.165, 1.54) is 12.1 Å². The maximum absolute atomic E-state index is 12.5. The summed E-state index contributed by atoms with van der Waals surface area (Å²) >= 11 is 0. The summed E-state index contributed by atoms with van der Waals surface area (Å²) in [6.45, 7) is 3.34. The summed E-state index contributed by atoms with van der Waals surface area (Å²) in [7, 11) is 0. The number of aromatic carboxylic acids is 1. The van der Waals surface area contributed by atoms with Crippen molar-refractivity contribution in [2.45, 2.75) is 25.7 Å². The first kappa shape index (κ1) is 17.9. The van der Waals surface area contributed by atoms with Crippen molar-refractivity contribution in [1.29, 1.82) is 0 Å². The molecule has 26 heavy (non-hydrogen) atoms. The number of carboxylic acid groups (broad SMARTS) is 1. The molecule has 0 aromatic heterocycles. The van der Waals surface area contributed by atoms with Crippen molar-refractivity contribution < 1.29 is 19.4 Å². The highest BCUT2D eigenvalue weighted by Crippen LogP contribution is 2.25. The van der Waals surface area contributed by atoms with Gasteiger partial charge in [0.2, 0.25) is 0 Å². The third-order valence-electron chi connectivity index (χ3n) is 4.36. The Morgan fingerprint density at radius 2 is 1.81 bits per heavy atom. The predicted molar refractivity (Wildman–Crippen MR) is 96.9 cm³/mol. The molecule has 0 aliphatic carbocycles. The van der Waals surface area contributed by atoms with Gasteiger partial charge in [-0.05, 0) is 30.2 Å². The van der Waals surface area contributed by atoms with Gasteiger partial charge in [-0.25, -0.2) is 9.59 Å². The summed E-state index contributed by atoms with van der Waals surface area (Å²) < 4.78 is 5.97. The summed E-state index contributed by atoms with van der Waals surface area (Å²) in [5.41, 5.74) is 2.14. The topological polar surface area (TPSA) is 78.9 Å². The van der Waals surface area contributed by atoms with Crippen LogP contribution in [0.2, 0.25) is 0 Å². The summed E-state index contributed by atoms with van der Waals surface area (Å²) in [5.74, 6) is -0.963. The van der Waals surface area contributed by atoms with Crippen LogP contribution in [0.1, 0.15) is 34.5 Å². The molecule has 1 fully saturated rings. The number of carbonyl (C=O) groups excluding carboxylic acids is 1. The van der Waals surface area contributed by atoms with E-state index in [-0.39, 0.29) is 23.8 Å². The number of ether oxygens (including phenoxy) is 1. The molecule has 0 radical (unpaired) electrons. The van der Waals surface area contributed by atoms with Gasteiger partial charge in [-0.15, -0.1) is 0 Å². The van der Waals surface area contributed by atoms with Gasteiger partial charge in [0.25, 0.3) is 0 Å². The van der Waals surface area contributed by atoms with E-state index in [2.05, 4.69) is 5.32 Å². The molecule has 2 aromatic carbocycles. The molecule has 1 aliphatic rings. The minimum absolute atomic E-state index is 0.0467. The van der Waals surface area contributed by atoms with Crippen LogP contribution in [-0.2, 0) is 11.3 Å². The number of hydrogen-bond acceptors (Lipinski definition) is 3. The second kappa shape index (κ2) is 8.01. The Morgan fingerprint density at radius 3 is 2.46 bits per heavy atom. The van der Waals surface area contributed by atoms with Gasteiger partial charge in [0.15, 0.2) is 0 Å². The second-order valence-electron chi connectivity index (χ2n) is 6.41. The van der Waals surface area contributed by atoms with Crippen molar-refractivity contribution in [2.75, 3.05) is 13.1 Å². The maximum atomic E-state index is 12.5. The molecule has 1 saturated heterocycles. The van der Waals surface area contributed by atoms with Crippen LogP contribution >= 0.6 is 0 Å². The molecule has 136 valence electrons. The van der Waals surface area contributed by atoms with Gasteiger partial charge in [-0.1, -0.05) is 42.5 Å². The highest BCUT2D eigenvalue weighted by atomic mass is 16.5. The molecule has 6 nitrogen and oxygen atoms in total. The van der Waals surface area contributed by atoms with E-state index in [1.807, 2.05) is 37.3 Å². The average Bonchev–Trinajstić information content (AvgIpc) is 2.66. The summed E-state index contributed by atoms with van der Waals surface area (Å²) in [6.07, 6.45) is -0.185. The van der Waals surface area contributed by atoms with Crippen LogP contribution in [0, 0.1) is 0 Å². The SMILES string of the molecule is CC1CN(C(=O)NCc2ccc(C(=O)O)cc2)CC(c2ccccc2)O1. The van der Waals surface area contributed by atoms with Crippen LogP contribution < -0.4 is 5.32 Å². The fourth-order valence-electron chi connectivity index (χ4n) is 3.02. The summed E-state index contributed by atoms with van der Waals surface area (Å²) in [4.78, 5) is 25.2. The van der Waals surface area contributed by atoms with Gasteiger partial charge in [-0.3, -0.25) is 0 Å². The normalized spacial score (nSPS) is 19.8. The Morgan fingerprint density at radius 1 is 1.12 bits per heavy atom. The number of urea groups is 1. The molecule has 1 aliphatic heterocycles. The van der Waals surface area contributed by atoms with Crippen LogP contribution in [0.25, 0.3) is 0 Å². The van der Waals surface area contributed by atoms with Gasteiger partial charge in [0, 0.05) is 13.1 Å². The Balaban J connectivity index is 1.59. The molecule has 2 atom stereocenters. The molecule has 6 heteroatoms. The number of nitrogens with zero attached hydrogens (tertiary/aromatic N) is 1. The quantitative estimate of drug-likeness (QED) is 0.884. The van der Waals surface area contributed by atoms with Crippen molar-refractivity contribution in [1.82, 2.24) is 10.2 Å². The van der Waals surface area contributed by atoms with Crippen LogP contribution in [-0.4, -0.2) is 41.2 Å². The standard InChI is InChI=1S/C20H22N2O4/c1-14-12-22(13-18(26-14)16-5-3-2-4-6-16)20(25)21-11-15-7-9-17(10-8-15)19(23)24/h2-10,14,18H,11-13H2,1H3,(H,21,25)(H,23,24). The van der Waals surface area contributed by atoms with E-state index >= 15 is 0 Å². The lowest BCUT2D eigenvalue weighted by atomic mass is 10.1. The van der Waals surface area contributed by atoms with Gasteiger partial charge < -0.3 is 20.1 Å². The largest absolute Gasteiger partial charge is 0.478 e. The Hall–Kier alpha value is -2.86. The van der Waals surface area contributed by atoms with Gasteiger partial charge in [0.05, 0.1) is 18.2 Å². The van der Waals surface area contributed by atoms with Gasteiger partial charge in [-0.2, -0.15) is 0 Å². The number of nitrogens with one attached hydrogen (secondary N) is 1. The lowest BCUT2D eigenvalue weighted by molar-refractivity contribution is -0.0657. The number of benzene rings is 2. The highest BCUT2D eigenvalue weighted by Gasteiger charge is 2.29. The average molecular weight is 354 g/mol. The van der Waals surface area contributed by atoms with Crippen LogP contribution in [0.15, 0.2) is 54.6 Å². The summed E-state index contributed by atoms with van der Waals surface area (Å²) in [6, 6.07) is 16.2. The zero-order valence-corrected chi connectivity index (χ0v) is 14.6. The molecule has 2 unspecified atom stereocenters. The van der Waals surface area contributed by atoms with E-state index in [1.54, 1.807) is 17.0 Å². The summed E-state index contributed by atoms with van der Waals surface area (Å²) in [5, 5.41) is 11.8. The fourth-order valence-corrected chi connectivity index (χ4v) is 3.02. The van der Waals surface area contributed by atoms with Gasteiger partial charge >= 0.3 is 12.0 Å². The molecular weight excluding hydrogens is 332 g/mol. The number of hydrogen-bond donors (Lipinski definition) is 2. The van der Waals surface area contributed by atoms with Crippen molar-refractivity contribution >= 4 is 12.0 Å². The molecule has 1 heterocycles. The van der Waals surface area contributed by atoms with Crippen molar-refractivity contribution in [3.63, 3.8) is 0 Å². The number of carboxylic acids is 1. The highest BCUT2D eigenvalue weighted by molar-refractivity contribution is 5.87. The predicted octanol–water partition coefficient (Wildman–Crippen LogP) is 3.06. The van der Waals surface area contributed by atoms with E-state index in [9.17, 15) is 9.59 Å². The number of carbonyl (C=O) groups is 2. The number of rotatable bonds is 4. The van der Waals surface area contributed by atoms with E-state index < -0.39 is 5.97 Å². The van der Waals surface area contributed by atoms with Crippen molar-refractivity contribution in [2.24, 2.45) is 0 Å². The number of amides is 2. The molecule has 0 saturated carbocycles. The van der Waals surface area contributed by atoms with Crippen LogP contribution in [0.4, 0.5) is 4.79 Å². The minimum Gasteiger partial charge on any atom is -0.478 e. The van der Waals surface area contributed by atoms with Crippen LogP contribution in [0.5, 0.6) is 0 Å². The Labute approximate surface area is 152 Å². The molecule has 0 spiro atoms. The second-order valence-corrected chi connectivity index (χ2v) is 6.41. The molecule has 2 aromatic rings. The third-order valence-corrected chi connectivity index (χ3v) is 4.36. The first-order valence-electron chi connectivity index (χ1n) is 8.58. The fraction of sp³-hybridized carbons (Fsp3) is 0.300. The first-order valence-corrected chi connectivity index (χ1v) is 8.58. The molecule has 3 rings (SSSR count). The van der Waals surface area contributed by atoms with Gasteiger partial charge in [0.1, 0.15) is 6.10 Å². The zero-order chi connectivity index (χ0) is 18.5. The van der Waals surface area contributed by atoms with Crippen molar-refractivity contribution in [3.8, 4) is 0 Å². The Bertz CT molecular complexity index is 761. The molecule has 0 bridgehead atoms. The van der Waals surface area contributed by atoms with Crippen molar-refractivity contribution in [3.05, 3.63) is 71.3 Å². The molecular formula is C20H22N2O4. The maximum Gasteiger partial charge on any atom is 0.335 e. The smallest absolute Gasteiger partial charge is 0.335 e. The van der Waals surface area contributed by atoms with E-state index in [4.69, 9.17) is 9.84 Å².